The van der Waals surface area contributed by atoms with Gasteiger partial charge in [-0.1, -0.05) is 59.8 Å². The summed E-state index contributed by atoms with van der Waals surface area (Å²) in [5.41, 5.74) is 3.21. The molecular formula is C25H24ClN3O2S. The van der Waals surface area contributed by atoms with Crippen LogP contribution in [0.25, 0.3) is 21.7 Å². The van der Waals surface area contributed by atoms with Gasteiger partial charge in [0.15, 0.2) is 5.17 Å². The predicted octanol–water partition coefficient (Wildman–Crippen LogP) is 6.52. The number of thioether (sulfide) groups is 1. The lowest BCUT2D eigenvalue weighted by Gasteiger charge is -2.11. The van der Waals surface area contributed by atoms with E-state index in [1.807, 2.05) is 36.6 Å². The summed E-state index contributed by atoms with van der Waals surface area (Å²) in [5, 5.41) is 8.13. The maximum absolute atomic E-state index is 12.5. The second kappa shape index (κ2) is 10.1. The zero-order chi connectivity index (χ0) is 22.5. The Hall–Kier alpha value is -2.96. The third kappa shape index (κ3) is 4.76. The van der Waals surface area contributed by atoms with Crippen molar-refractivity contribution < 1.29 is 9.53 Å². The van der Waals surface area contributed by atoms with E-state index in [1.54, 1.807) is 24.8 Å². The fraction of sp³-hybridized carbons (Fsp3) is 0.200. The lowest BCUT2D eigenvalue weighted by molar-refractivity contribution is 0.0519. The van der Waals surface area contributed by atoms with Crippen LogP contribution < -0.4 is 5.32 Å². The monoisotopic (exact) mass is 465 g/mol. The van der Waals surface area contributed by atoms with E-state index >= 15 is 0 Å². The van der Waals surface area contributed by atoms with Gasteiger partial charge in [0.25, 0.3) is 0 Å². The standard InChI is InChI=1S/C25H24ClN3O2S/c1-3-31-24(30)23-19(20-15-17(26)11-12-22(20)28-23)13-14-27-25(32-2)29-21-10-6-8-16-7-4-5-9-18(16)21/h4-12,15,28H,3,13-14H2,1-2H3,(H,27,29). The largest absolute Gasteiger partial charge is 0.461 e. The molecule has 4 aromatic rings. The number of amidine groups is 1. The summed E-state index contributed by atoms with van der Waals surface area (Å²) in [6.07, 6.45) is 2.57. The van der Waals surface area contributed by atoms with Crippen molar-refractivity contribution in [1.29, 1.82) is 0 Å². The Morgan fingerprint density at radius 2 is 1.94 bits per heavy atom. The minimum absolute atomic E-state index is 0.318. The van der Waals surface area contributed by atoms with Crippen LogP contribution in [-0.4, -0.2) is 35.5 Å². The predicted molar refractivity (Wildman–Crippen MR) is 136 cm³/mol. The molecule has 0 saturated heterocycles. The Labute approximate surface area is 196 Å². The number of aromatic nitrogens is 1. The van der Waals surface area contributed by atoms with Crippen LogP contribution in [0, 0.1) is 0 Å². The number of hydrogen-bond donors (Lipinski definition) is 2. The number of anilines is 1. The molecule has 1 aromatic heterocycles. The summed E-state index contributed by atoms with van der Waals surface area (Å²) in [5.74, 6) is -0.363. The fourth-order valence-corrected chi connectivity index (χ4v) is 4.34. The normalized spacial score (nSPS) is 11.8. The number of ether oxygens (including phenoxy) is 1. The molecule has 0 bridgehead atoms. The molecule has 0 aliphatic rings. The van der Waals surface area contributed by atoms with Crippen LogP contribution >= 0.6 is 23.4 Å². The second-order valence-corrected chi connectivity index (χ2v) is 8.41. The molecule has 1 heterocycles. The third-order valence-corrected chi connectivity index (χ3v) is 6.04. The minimum atomic E-state index is -0.363. The SMILES string of the molecule is CCOC(=O)c1[nH]c2ccc(Cl)cc2c1CCN=C(Nc1cccc2ccccc12)SC. The van der Waals surface area contributed by atoms with Crippen molar-refractivity contribution in [1.82, 2.24) is 4.98 Å². The smallest absolute Gasteiger partial charge is 0.355 e. The van der Waals surface area contributed by atoms with Crippen LogP contribution in [0.2, 0.25) is 5.02 Å². The van der Waals surface area contributed by atoms with Crippen molar-refractivity contribution in [2.45, 2.75) is 13.3 Å². The molecule has 5 nitrogen and oxygen atoms in total. The average Bonchev–Trinajstić information content (AvgIpc) is 3.16. The van der Waals surface area contributed by atoms with Crippen molar-refractivity contribution in [3.8, 4) is 0 Å². The molecule has 4 rings (SSSR count). The fourth-order valence-electron chi connectivity index (χ4n) is 3.73. The summed E-state index contributed by atoms with van der Waals surface area (Å²) in [4.78, 5) is 20.5. The molecule has 0 radical (unpaired) electrons. The maximum atomic E-state index is 12.5. The van der Waals surface area contributed by atoms with E-state index in [-0.39, 0.29) is 5.97 Å². The Bertz CT molecular complexity index is 1290. The average molecular weight is 466 g/mol. The number of carbonyl (C=O) groups excluding carboxylic acids is 1. The number of aliphatic imine (C=N–C) groups is 1. The van der Waals surface area contributed by atoms with Gasteiger partial charge in [-0.25, -0.2) is 4.79 Å². The first-order valence-electron chi connectivity index (χ1n) is 10.4. The lowest BCUT2D eigenvalue weighted by atomic mass is 10.1. The van der Waals surface area contributed by atoms with Gasteiger partial charge >= 0.3 is 5.97 Å². The number of fused-ring (bicyclic) bond motifs is 2. The number of halogens is 1. The molecule has 0 spiro atoms. The Kier molecular flexibility index (Phi) is 7.02. The van der Waals surface area contributed by atoms with Crippen LogP contribution in [-0.2, 0) is 11.2 Å². The number of rotatable bonds is 6. The van der Waals surface area contributed by atoms with Crippen molar-refractivity contribution in [2.24, 2.45) is 4.99 Å². The topological polar surface area (TPSA) is 66.5 Å². The van der Waals surface area contributed by atoms with E-state index in [2.05, 4.69) is 34.6 Å². The molecule has 0 fully saturated rings. The van der Waals surface area contributed by atoms with Crippen LogP contribution in [0.4, 0.5) is 5.69 Å². The molecule has 0 saturated carbocycles. The number of hydrogen-bond acceptors (Lipinski definition) is 4. The number of nitrogens with zero attached hydrogens (tertiary/aromatic N) is 1. The molecule has 164 valence electrons. The molecule has 0 unspecified atom stereocenters. The third-order valence-electron chi connectivity index (χ3n) is 5.19. The highest BCUT2D eigenvalue weighted by atomic mass is 35.5. The van der Waals surface area contributed by atoms with E-state index in [0.29, 0.717) is 30.3 Å². The zero-order valence-corrected chi connectivity index (χ0v) is 19.5. The van der Waals surface area contributed by atoms with Crippen molar-refractivity contribution >= 4 is 61.9 Å². The first-order chi connectivity index (χ1) is 15.6. The quantitative estimate of drug-likeness (QED) is 0.193. The Balaban J connectivity index is 1.58. The molecule has 32 heavy (non-hydrogen) atoms. The van der Waals surface area contributed by atoms with Gasteiger partial charge in [0.2, 0.25) is 0 Å². The lowest BCUT2D eigenvalue weighted by Crippen LogP contribution is -2.11. The molecule has 7 heteroatoms. The summed E-state index contributed by atoms with van der Waals surface area (Å²) in [7, 11) is 0. The number of esters is 1. The Morgan fingerprint density at radius 3 is 2.75 bits per heavy atom. The Morgan fingerprint density at radius 1 is 1.12 bits per heavy atom. The molecule has 0 aliphatic heterocycles. The summed E-state index contributed by atoms with van der Waals surface area (Å²) < 4.78 is 5.24. The van der Waals surface area contributed by atoms with E-state index in [4.69, 9.17) is 21.3 Å². The van der Waals surface area contributed by atoms with E-state index in [0.717, 1.165) is 32.7 Å². The number of H-pyrrole nitrogens is 1. The zero-order valence-electron chi connectivity index (χ0n) is 17.9. The van der Waals surface area contributed by atoms with Crippen LogP contribution in [0.3, 0.4) is 0 Å². The first kappa shape index (κ1) is 22.2. The highest BCUT2D eigenvalue weighted by Crippen LogP contribution is 2.27. The van der Waals surface area contributed by atoms with Gasteiger partial charge in [-0.2, -0.15) is 0 Å². The van der Waals surface area contributed by atoms with Crippen LogP contribution in [0.15, 0.2) is 65.7 Å². The number of benzene rings is 3. The minimum Gasteiger partial charge on any atom is -0.461 e. The highest BCUT2D eigenvalue weighted by molar-refractivity contribution is 8.13. The highest BCUT2D eigenvalue weighted by Gasteiger charge is 2.19. The molecule has 0 aliphatic carbocycles. The number of carbonyl (C=O) groups is 1. The number of nitrogens with one attached hydrogen (secondary N) is 2. The van der Waals surface area contributed by atoms with E-state index in [9.17, 15) is 4.79 Å². The maximum Gasteiger partial charge on any atom is 0.355 e. The van der Waals surface area contributed by atoms with Gasteiger partial charge in [-0.15, -0.1) is 0 Å². The molecule has 0 atom stereocenters. The van der Waals surface area contributed by atoms with Gasteiger partial charge in [0.05, 0.1) is 6.61 Å². The molecular weight excluding hydrogens is 442 g/mol. The van der Waals surface area contributed by atoms with Gasteiger partial charge in [-0.3, -0.25) is 4.99 Å². The second-order valence-electron chi connectivity index (χ2n) is 7.18. The van der Waals surface area contributed by atoms with E-state index in [1.165, 1.54) is 5.39 Å². The van der Waals surface area contributed by atoms with Gasteiger partial charge in [-0.05, 0) is 54.8 Å². The van der Waals surface area contributed by atoms with Crippen LogP contribution in [0.5, 0.6) is 0 Å². The van der Waals surface area contributed by atoms with Gasteiger partial charge in [0.1, 0.15) is 5.69 Å². The molecule has 3 aromatic carbocycles. The van der Waals surface area contributed by atoms with Gasteiger partial charge < -0.3 is 15.0 Å². The summed E-state index contributed by atoms with van der Waals surface area (Å²) in [6.45, 7) is 2.63. The summed E-state index contributed by atoms with van der Waals surface area (Å²) in [6, 6.07) is 20.0. The number of aromatic amines is 1. The van der Waals surface area contributed by atoms with Crippen molar-refractivity contribution in [3.05, 3.63) is 76.9 Å². The first-order valence-corrected chi connectivity index (χ1v) is 12.0. The van der Waals surface area contributed by atoms with E-state index < -0.39 is 0 Å². The van der Waals surface area contributed by atoms with Crippen LogP contribution in [0.1, 0.15) is 23.0 Å². The van der Waals surface area contributed by atoms with Crippen molar-refractivity contribution in [3.63, 3.8) is 0 Å². The van der Waals surface area contributed by atoms with Crippen molar-refractivity contribution in [2.75, 3.05) is 24.7 Å². The molecule has 0 amide bonds. The van der Waals surface area contributed by atoms with Gasteiger partial charge in [0, 0.05) is 33.5 Å². The molecule has 2 N–H and O–H groups in total. The summed E-state index contributed by atoms with van der Waals surface area (Å²) >= 11 is 7.77.